The molecule has 1 aliphatic heterocycles. The number of rotatable bonds is 7. The lowest BCUT2D eigenvalue weighted by atomic mass is 10.2. The third-order valence-corrected chi connectivity index (χ3v) is 5.16. The number of carbonyl (C=O) groups excluding carboxylic acids is 1. The Labute approximate surface area is 173 Å². The molecule has 0 spiro atoms. The Bertz CT molecular complexity index is 988. The van der Waals surface area contributed by atoms with Crippen molar-refractivity contribution in [3.05, 3.63) is 54.9 Å². The maximum absolute atomic E-state index is 12.4. The first-order valence-corrected chi connectivity index (χ1v) is 10.3. The summed E-state index contributed by atoms with van der Waals surface area (Å²) in [4.78, 5) is 16.7. The molecule has 0 atom stereocenters. The fraction of sp³-hybridized carbons (Fsp3) is 0.238. The Morgan fingerprint density at radius 3 is 2.76 bits per heavy atom. The molecule has 0 saturated carbocycles. The minimum Gasteiger partial charge on any atom is -0.494 e. The van der Waals surface area contributed by atoms with Gasteiger partial charge in [0, 0.05) is 29.8 Å². The number of carbonyl (C=O) groups is 1. The van der Waals surface area contributed by atoms with E-state index in [9.17, 15) is 4.79 Å². The van der Waals surface area contributed by atoms with E-state index in [0.717, 1.165) is 16.6 Å². The van der Waals surface area contributed by atoms with Crippen LogP contribution >= 0.6 is 11.8 Å². The molecule has 2 aromatic carbocycles. The number of imidazole rings is 1. The van der Waals surface area contributed by atoms with Crippen LogP contribution in [0.4, 0.5) is 5.69 Å². The zero-order valence-electron chi connectivity index (χ0n) is 16.0. The first kappa shape index (κ1) is 19.2. The Balaban J connectivity index is 1.37. The summed E-state index contributed by atoms with van der Waals surface area (Å²) >= 11 is 1.37. The van der Waals surface area contributed by atoms with Crippen molar-refractivity contribution in [2.75, 3.05) is 30.9 Å². The van der Waals surface area contributed by atoms with Crippen LogP contribution in [0.3, 0.4) is 0 Å². The number of aromatic nitrogens is 2. The highest BCUT2D eigenvalue weighted by atomic mass is 32.2. The van der Waals surface area contributed by atoms with Crippen LogP contribution in [0.15, 0.2) is 60.0 Å². The molecule has 2 heterocycles. The molecule has 29 heavy (non-hydrogen) atoms. The standard InChI is InChI=1S/C21H21N3O4S/c1-2-26-17-6-4-16(5-7-17)24-10-9-22-21(24)29-14-20(25)23-15-3-8-18-19(13-15)28-12-11-27-18/h3-10,13H,2,11-12,14H2,1H3,(H,23,25). The zero-order chi connectivity index (χ0) is 20.1. The maximum Gasteiger partial charge on any atom is 0.234 e. The van der Waals surface area contributed by atoms with E-state index in [2.05, 4.69) is 10.3 Å². The molecule has 0 unspecified atom stereocenters. The van der Waals surface area contributed by atoms with Gasteiger partial charge < -0.3 is 19.5 Å². The number of anilines is 1. The fourth-order valence-corrected chi connectivity index (χ4v) is 3.68. The van der Waals surface area contributed by atoms with Crippen molar-refractivity contribution in [3.8, 4) is 22.9 Å². The second kappa shape index (κ2) is 8.91. The van der Waals surface area contributed by atoms with E-state index in [1.807, 2.05) is 42.0 Å². The summed E-state index contributed by atoms with van der Waals surface area (Å²) < 4.78 is 18.5. The van der Waals surface area contributed by atoms with E-state index in [-0.39, 0.29) is 11.7 Å². The number of ether oxygens (including phenoxy) is 3. The Morgan fingerprint density at radius 2 is 1.97 bits per heavy atom. The minimum atomic E-state index is -0.118. The van der Waals surface area contributed by atoms with Gasteiger partial charge in [-0.15, -0.1) is 0 Å². The lowest BCUT2D eigenvalue weighted by Crippen LogP contribution is -2.17. The molecule has 4 rings (SSSR count). The lowest BCUT2D eigenvalue weighted by Gasteiger charge is -2.19. The molecule has 0 fully saturated rings. The van der Waals surface area contributed by atoms with Gasteiger partial charge in [0.05, 0.1) is 12.4 Å². The molecule has 1 amide bonds. The highest BCUT2D eigenvalue weighted by Gasteiger charge is 2.14. The number of thioether (sulfide) groups is 1. The molecule has 0 radical (unpaired) electrons. The predicted octanol–water partition coefficient (Wildman–Crippen LogP) is 3.77. The van der Waals surface area contributed by atoms with E-state index in [1.165, 1.54) is 11.8 Å². The van der Waals surface area contributed by atoms with Crippen LogP contribution < -0.4 is 19.5 Å². The SMILES string of the molecule is CCOc1ccc(-n2ccnc2SCC(=O)Nc2ccc3c(c2)OCCO3)cc1. The Hall–Kier alpha value is -3.13. The van der Waals surface area contributed by atoms with E-state index < -0.39 is 0 Å². The van der Waals surface area contributed by atoms with Crippen LogP contribution in [0.25, 0.3) is 5.69 Å². The van der Waals surface area contributed by atoms with Crippen LogP contribution in [0, 0.1) is 0 Å². The third-order valence-electron chi connectivity index (χ3n) is 4.19. The first-order valence-electron chi connectivity index (χ1n) is 9.32. The molecule has 0 saturated heterocycles. The van der Waals surface area contributed by atoms with E-state index in [0.29, 0.717) is 37.0 Å². The number of hydrogen-bond acceptors (Lipinski definition) is 6. The van der Waals surface area contributed by atoms with Gasteiger partial charge in [-0.3, -0.25) is 9.36 Å². The van der Waals surface area contributed by atoms with Gasteiger partial charge in [0.25, 0.3) is 0 Å². The average molecular weight is 411 g/mol. The number of hydrogen-bond donors (Lipinski definition) is 1. The number of nitrogens with zero attached hydrogens (tertiary/aromatic N) is 2. The van der Waals surface area contributed by atoms with Crippen molar-refractivity contribution < 1.29 is 19.0 Å². The molecular formula is C21H21N3O4S. The van der Waals surface area contributed by atoms with Crippen molar-refractivity contribution >= 4 is 23.4 Å². The Kier molecular flexibility index (Phi) is 5.90. The van der Waals surface area contributed by atoms with Crippen LogP contribution in [0.2, 0.25) is 0 Å². The van der Waals surface area contributed by atoms with Crippen LogP contribution in [-0.4, -0.2) is 41.0 Å². The molecule has 1 aliphatic rings. The van der Waals surface area contributed by atoms with Crippen molar-refractivity contribution in [1.29, 1.82) is 0 Å². The second-order valence-electron chi connectivity index (χ2n) is 6.20. The largest absolute Gasteiger partial charge is 0.494 e. The molecule has 150 valence electrons. The lowest BCUT2D eigenvalue weighted by molar-refractivity contribution is -0.113. The van der Waals surface area contributed by atoms with Gasteiger partial charge in [0.1, 0.15) is 19.0 Å². The molecule has 8 heteroatoms. The van der Waals surface area contributed by atoms with Crippen molar-refractivity contribution in [1.82, 2.24) is 9.55 Å². The summed E-state index contributed by atoms with van der Waals surface area (Å²) in [6, 6.07) is 13.1. The van der Waals surface area contributed by atoms with Crippen molar-refractivity contribution in [2.24, 2.45) is 0 Å². The summed E-state index contributed by atoms with van der Waals surface area (Å²) in [5, 5.41) is 3.63. The highest BCUT2D eigenvalue weighted by molar-refractivity contribution is 7.99. The van der Waals surface area contributed by atoms with Gasteiger partial charge in [0.2, 0.25) is 5.91 Å². The van der Waals surface area contributed by atoms with Crippen LogP contribution in [0.1, 0.15) is 6.92 Å². The number of fused-ring (bicyclic) bond motifs is 1. The van der Waals surface area contributed by atoms with Gasteiger partial charge in [0.15, 0.2) is 16.7 Å². The van der Waals surface area contributed by atoms with Crippen LogP contribution in [0.5, 0.6) is 17.2 Å². The quantitative estimate of drug-likeness (QED) is 0.597. The van der Waals surface area contributed by atoms with Gasteiger partial charge in [-0.1, -0.05) is 11.8 Å². The molecule has 7 nitrogen and oxygen atoms in total. The highest BCUT2D eigenvalue weighted by Crippen LogP contribution is 2.32. The van der Waals surface area contributed by atoms with Gasteiger partial charge in [-0.2, -0.15) is 0 Å². The molecule has 0 bridgehead atoms. The zero-order valence-corrected chi connectivity index (χ0v) is 16.8. The molecule has 1 N–H and O–H groups in total. The van der Waals surface area contributed by atoms with E-state index in [1.54, 1.807) is 24.4 Å². The summed E-state index contributed by atoms with van der Waals surface area (Å²) in [5.41, 5.74) is 1.63. The smallest absolute Gasteiger partial charge is 0.234 e. The molecular weight excluding hydrogens is 390 g/mol. The molecule has 3 aromatic rings. The van der Waals surface area contributed by atoms with Crippen molar-refractivity contribution in [3.63, 3.8) is 0 Å². The number of amides is 1. The molecule has 0 aliphatic carbocycles. The van der Waals surface area contributed by atoms with Gasteiger partial charge >= 0.3 is 0 Å². The topological polar surface area (TPSA) is 74.6 Å². The Morgan fingerprint density at radius 1 is 1.17 bits per heavy atom. The number of benzene rings is 2. The maximum atomic E-state index is 12.4. The summed E-state index contributed by atoms with van der Waals surface area (Å²) in [5.74, 6) is 2.29. The normalized spacial score (nSPS) is 12.4. The summed E-state index contributed by atoms with van der Waals surface area (Å²) in [7, 11) is 0. The molecule has 1 aromatic heterocycles. The minimum absolute atomic E-state index is 0.118. The summed E-state index contributed by atoms with van der Waals surface area (Å²) in [6.45, 7) is 3.63. The van der Waals surface area contributed by atoms with Crippen LogP contribution in [-0.2, 0) is 4.79 Å². The van der Waals surface area contributed by atoms with E-state index >= 15 is 0 Å². The third kappa shape index (κ3) is 4.65. The van der Waals surface area contributed by atoms with Crippen molar-refractivity contribution in [2.45, 2.75) is 12.1 Å². The summed E-state index contributed by atoms with van der Waals surface area (Å²) in [6.07, 6.45) is 3.59. The predicted molar refractivity (Wildman–Crippen MR) is 112 cm³/mol. The van der Waals surface area contributed by atoms with E-state index in [4.69, 9.17) is 14.2 Å². The number of nitrogens with one attached hydrogen (secondary N) is 1. The van der Waals surface area contributed by atoms with Gasteiger partial charge in [-0.05, 0) is 43.3 Å². The second-order valence-corrected chi connectivity index (χ2v) is 7.14. The first-order chi connectivity index (χ1) is 14.2. The fourth-order valence-electron chi connectivity index (χ4n) is 2.91. The average Bonchev–Trinajstić information content (AvgIpc) is 3.22. The van der Waals surface area contributed by atoms with Gasteiger partial charge in [-0.25, -0.2) is 4.98 Å². The monoisotopic (exact) mass is 411 g/mol.